The zero-order valence-electron chi connectivity index (χ0n) is 11.8. The van der Waals surface area contributed by atoms with E-state index in [2.05, 4.69) is 42.0 Å². The van der Waals surface area contributed by atoms with Gasteiger partial charge >= 0.3 is 0 Å². The molecule has 2 N–H and O–H groups in total. The Morgan fingerprint density at radius 1 is 1.10 bits per heavy atom. The molecule has 0 spiro atoms. The maximum Gasteiger partial charge on any atom is 0.185 e. The molecule has 0 aliphatic carbocycles. The van der Waals surface area contributed by atoms with Crippen LogP contribution in [0.4, 0.5) is 11.4 Å². The van der Waals surface area contributed by atoms with E-state index in [-0.39, 0.29) is 0 Å². The number of pyridine rings is 2. The molecule has 0 aliphatic rings. The smallest absolute Gasteiger partial charge is 0.185 e. The van der Waals surface area contributed by atoms with Crippen LogP contribution in [0.3, 0.4) is 0 Å². The maximum atomic E-state index is 4.29. The summed E-state index contributed by atoms with van der Waals surface area (Å²) in [7, 11) is 0. The molecule has 0 fully saturated rings. The van der Waals surface area contributed by atoms with Gasteiger partial charge in [-0.3, -0.25) is 9.38 Å². The van der Waals surface area contributed by atoms with Crippen molar-refractivity contribution in [3.63, 3.8) is 0 Å². The predicted octanol–water partition coefficient (Wildman–Crippen LogP) is 2.97. The van der Waals surface area contributed by atoms with Gasteiger partial charge in [0.1, 0.15) is 5.82 Å². The Morgan fingerprint density at radius 2 is 1.90 bits per heavy atom. The molecule has 0 unspecified atom stereocenters. The van der Waals surface area contributed by atoms with Gasteiger partial charge in [0, 0.05) is 23.8 Å². The molecule has 0 aliphatic heterocycles. The molecule has 104 valence electrons. The highest BCUT2D eigenvalue weighted by Crippen LogP contribution is 2.27. The Hall–Kier alpha value is -2.89. The lowest BCUT2D eigenvalue weighted by atomic mass is 10.3. The Labute approximate surface area is 120 Å². The number of aryl methyl sites for hydroxylation is 2. The Morgan fingerprint density at radius 3 is 2.71 bits per heavy atom. The van der Waals surface area contributed by atoms with Gasteiger partial charge in [0.15, 0.2) is 5.65 Å². The van der Waals surface area contributed by atoms with Gasteiger partial charge in [-0.2, -0.15) is 0 Å². The summed E-state index contributed by atoms with van der Waals surface area (Å²) in [6.07, 6.45) is 3.51. The van der Waals surface area contributed by atoms with E-state index in [1.165, 1.54) is 0 Å². The van der Waals surface area contributed by atoms with E-state index in [1.807, 2.05) is 26.0 Å². The molecule has 0 saturated heterocycles. The first-order valence-corrected chi connectivity index (χ1v) is 6.73. The predicted molar refractivity (Wildman–Crippen MR) is 81.8 cm³/mol. The Balaban J connectivity index is 1.98. The number of aromatic nitrogens is 5. The van der Waals surface area contributed by atoms with Crippen LogP contribution in [0, 0.1) is 13.8 Å². The van der Waals surface area contributed by atoms with Crippen molar-refractivity contribution < 1.29 is 0 Å². The SMILES string of the molecule is Cc1cc2c(cc(Nc3ccncc3)c3nnc(C)n32)[nH]1. The molecule has 0 amide bonds. The molecule has 6 nitrogen and oxygen atoms in total. The van der Waals surface area contributed by atoms with Crippen LogP contribution in [0.25, 0.3) is 16.7 Å². The average molecular weight is 278 g/mol. The highest BCUT2D eigenvalue weighted by Gasteiger charge is 2.13. The van der Waals surface area contributed by atoms with Crippen molar-refractivity contribution in [2.75, 3.05) is 5.32 Å². The van der Waals surface area contributed by atoms with Crippen molar-refractivity contribution in [2.24, 2.45) is 0 Å². The first kappa shape index (κ1) is 11.9. The first-order chi connectivity index (χ1) is 10.2. The number of hydrogen-bond acceptors (Lipinski definition) is 4. The van der Waals surface area contributed by atoms with E-state index in [9.17, 15) is 0 Å². The molecule has 0 radical (unpaired) electrons. The Kier molecular flexibility index (Phi) is 2.44. The van der Waals surface area contributed by atoms with Gasteiger partial charge in [-0.1, -0.05) is 0 Å². The largest absolute Gasteiger partial charge is 0.357 e. The third kappa shape index (κ3) is 1.84. The molecule has 4 aromatic rings. The minimum Gasteiger partial charge on any atom is -0.357 e. The van der Waals surface area contributed by atoms with Gasteiger partial charge in [0.2, 0.25) is 0 Å². The van der Waals surface area contributed by atoms with Gasteiger partial charge in [-0.05, 0) is 38.1 Å². The van der Waals surface area contributed by atoms with Gasteiger partial charge in [0.25, 0.3) is 0 Å². The third-order valence-electron chi connectivity index (χ3n) is 3.52. The first-order valence-electron chi connectivity index (χ1n) is 6.73. The van der Waals surface area contributed by atoms with E-state index < -0.39 is 0 Å². The second kappa shape index (κ2) is 4.31. The number of fused-ring (bicyclic) bond motifs is 3. The van der Waals surface area contributed by atoms with Crippen molar-refractivity contribution in [1.29, 1.82) is 0 Å². The van der Waals surface area contributed by atoms with Crippen molar-refractivity contribution in [2.45, 2.75) is 13.8 Å². The van der Waals surface area contributed by atoms with Crippen LogP contribution >= 0.6 is 0 Å². The second-order valence-electron chi connectivity index (χ2n) is 5.08. The lowest BCUT2D eigenvalue weighted by molar-refractivity contribution is 1.02. The zero-order chi connectivity index (χ0) is 14.4. The summed E-state index contributed by atoms with van der Waals surface area (Å²) in [6, 6.07) is 8.01. The zero-order valence-corrected chi connectivity index (χ0v) is 11.8. The summed E-state index contributed by atoms with van der Waals surface area (Å²) in [4.78, 5) is 7.39. The lowest BCUT2D eigenvalue weighted by Crippen LogP contribution is -1.97. The van der Waals surface area contributed by atoms with Crippen LogP contribution in [0.5, 0.6) is 0 Å². The molecule has 6 heteroatoms. The fourth-order valence-corrected chi connectivity index (χ4v) is 2.61. The number of H-pyrrole nitrogens is 1. The maximum absolute atomic E-state index is 4.29. The number of anilines is 2. The summed E-state index contributed by atoms with van der Waals surface area (Å²) in [6.45, 7) is 4.00. The van der Waals surface area contributed by atoms with Gasteiger partial charge in [-0.25, -0.2) is 0 Å². The van der Waals surface area contributed by atoms with Gasteiger partial charge in [-0.15, -0.1) is 10.2 Å². The van der Waals surface area contributed by atoms with Crippen molar-refractivity contribution in [3.8, 4) is 0 Å². The van der Waals surface area contributed by atoms with Crippen LogP contribution in [0.15, 0.2) is 36.7 Å². The molecular formula is C15H14N6. The summed E-state index contributed by atoms with van der Waals surface area (Å²) < 4.78 is 2.06. The van der Waals surface area contributed by atoms with Gasteiger partial charge in [0.05, 0.1) is 16.7 Å². The van der Waals surface area contributed by atoms with Crippen LogP contribution in [0.1, 0.15) is 11.5 Å². The van der Waals surface area contributed by atoms with E-state index in [0.717, 1.165) is 39.6 Å². The number of nitrogens with one attached hydrogen (secondary N) is 2. The van der Waals surface area contributed by atoms with E-state index in [0.29, 0.717) is 0 Å². The highest BCUT2D eigenvalue weighted by atomic mass is 15.3. The molecule has 0 saturated carbocycles. The number of hydrogen-bond donors (Lipinski definition) is 2. The van der Waals surface area contributed by atoms with E-state index in [4.69, 9.17) is 0 Å². The molecule has 4 rings (SSSR count). The van der Waals surface area contributed by atoms with Crippen LogP contribution in [-0.4, -0.2) is 24.6 Å². The molecule has 4 heterocycles. The summed E-state index contributed by atoms with van der Waals surface area (Å²) >= 11 is 0. The van der Waals surface area contributed by atoms with Crippen LogP contribution in [-0.2, 0) is 0 Å². The fraction of sp³-hybridized carbons (Fsp3) is 0.133. The molecule has 0 atom stereocenters. The average Bonchev–Trinajstić information content (AvgIpc) is 3.03. The monoisotopic (exact) mass is 278 g/mol. The molecule has 21 heavy (non-hydrogen) atoms. The Bertz CT molecular complexity index is 935. The quantitative estimate of drug-likeness (QED) is 0.591. The second-order valence-corrected chi connectivity index (χ2v) is 5.08. The van der Waals surface area contributed by atoms with E-state index >= 15 is 0 Å². The topological polar surface area (TPSA) is 70.9 Å². The summed E-state index contributed by atoms with van der Waals surface area (Å²) in [5, 5.41) is 11.9. The van der Waals surface area contributed by atoms with Crippen LogP contribution in [0.2, 0.25) is 0 Å². The van der Waals surface area contributed by atoms with Crippen molar-refractivity contribution in [3.05, 3.63) is 48.2 Å². The minimum atomic E-state index is 0.816. The molecule has 0 bridgehead atoms. The highest BCUT2D eigenvalue weighted by molar-refractivity contribution is 5.89. The minimum absolute atomic E-state index is 0.816. The molecule has 0 aromatic carbocycles. The summed E-state index contributed by atoms with van der Waals surface area (Å²) in [5.41, 5.74) is 5.95. The number of rotatable bonds is 2. The number of aromatic amines is 1. The standard InChI is InChI=1S/C15H14N6/c1-9-7-14-12(17-9)8-13(15-20-19-10(2)21(14)15)18-11-3-5-16-6-4-11/h3-8,17H,1-2H3,(H,16,18). The van der Waals surface area contributed by atoms with Crippen molar-refractivity contribution >= 4 is 28.1 Å². The lowest BCUT2D eigenvalue weighted by Gasteiger charge is -2.08. The normalized spacial score (nSPS) is 11.3. The molecular weight excluding hydrogens is 264 g/mol. The number of nitrogens with zero attached hydrogens (tertiary/aromatic N) is 4. The van der Waals surface area contributed by atoms with Crippen molar-refractivity contribution in [1.82, 2.24) is 24.6 Å². The summed E-state index contributed by atoms with van der Waals surface area (Å²) in [5.74, 6) is 0.868. The van der Waals surface area contributed by atoms with E-state index in [1.54, 1.807) is 12.4 Å². The third-order valence-corrected chi connectivity index (χ3v) is 3.52. The fourth-order valence-electron chi connectivity index (χ4n) is 2.61. The molecule has 4 aromatic heterocycles. The van der Waals surface area contributed by atoms with Gasteiger partial charge < -0.3 is 10.3 Å². The van der Waals surface area contributed by atoms with Crippen LogP contribution < -0.4 is 5.32 Å².